The van der Waals surface area contributed by atoms with Gasteiger partial charge in [0.05, 0.1) is 18.8 Å². The summed E-state index contributed by atoms with van der Waals surface area (Å²) in [5.41, 5.74) is 7.82. The third kappa shape index (κ3) is 6.54. The van der Waals surface area contributed by atoms with Crippen LogP contribution in [0, 0.1) is 6.92 Å². The van der Waals surface area contributed by atoms with Gasteiger partial charge in [-0.1, -0.05) is 0 Å². The Morgan fingerprint density at radius 2 is 2.00 bits per heavy atom. The number of hydrogen-bond donors (Lipinski definition) is 2. The van der Waals surface area contributed by atoms with Gasteiger partial charge in [-0.3, -0.25) is 4.79 Å². The van der Waals surface area contributed by atoms with Gasteiger partial charge in [0.2, 0.25) is 5.91 Å². The van der Waals surface area contributed by atoms with Crippen LogP contribution in [0.3, 0.4) is 0 Å². The van der Waals surface area contributed by atoms with E-state index in [4.69, 9.17) is 15.2 Å². The van der Waals surface area contributed by atoms with Gasteiger partial charge < -0.3 is 20.5 Å². The number of ether oxygens (including phenoxy) is 2. The Morgan fingerprint density at radius 3 is 2.60 bits per heavy atom. The van der Waals surface area contributed by atoms with Gasteiger partial charge in [-0.2, -0.15) is 0 Å². The summed E-state index contributed by atoms with van der Waals surface area (Å²) in [5.74, 6) is -0.186. The molecule has 0 atom stereocenters. The number of aryl methyl sites for hydroxylation is 1. The van der Waals surface area contributed by atoms with Crippen molar-refractivity contribution in [2.24, 2.45) is 0 Å². The minimum Gasteiger partial charge on any atom is -0.399 e. The van der Waals surface area contributed by atoms with Gasteiger partial charge in [-0.25, -0.2) is 0 Å². The average molecular weight is 280 g/mol. The number of rotatable bonds is 6. The summed E-state index contributed by atoms with van der Waals surface area (Å²) in [6.45, 7) is 8.70. The second kappa shape index (κ2) is 7.26. The minimum absolute atomic E-state index is 0.0112. The van der Waals surface area contributed by atoms with Crippen molar-refractivity contribution >= 4 is 17.3 Å². The maximum absolute atomic E-state index is 11.7. The van der Waals surface area contributed by atoms with Crippen LogP contribution in [-0.4, -0.2) is 31.3 Å². The molecule has 112 valence electrons. The second-order valence-electron chi connectivity index (χ2n) is 5.64. The lowest BCUT2D eigenvalue weighted by molar-refractivity contribution is -0.121. The highest BCUT2D eigenvalue weighted by Crippen LogP contribution is 2.17. The maximum atomic E-state index is 11.7. The molecule has 0 radical (unpaired) electrons. The van der Waals surface area contributed by atoms with Crippen LogP contribution in [0.5, 0.6) is 0 Å². The van der Waals surface area contributed by atoms with Crippen molar-refractivity contribution in [1.82, 2.24) is 0 Å². The number of amides is 1. The maximum Gasteiger partial charge on any atom is 0.250 e. The zero-order chi connectivity index (χ0) is 15.2. The number of hydrogen-bond acceptors (Lipinski definition) is 4. The average Bonchev–Trinajstić information content (AvgIpc) is 2.31. The Morgan fingerprint density at radius 1 is 1.30 bits per heavy atom. The molecule has 1 rings (SSSR count). The first-order chi connectivity index (χ1) is 9.28. The summed E-state index contributed by atoms with van der Waals surface area (Å²) in [4.78, 5) is 11.7. The molecule has 0 aliphatic carbocycles. The van der Waals surface area contributed by atoms with Gasteiger partial charge in [-0.05, 0) is 51.5 Å². The van der Waals surface area contributed by atoms with Crippen LogP contribution >= 0.6 is 0 Å². The number of carbonyl (C=O) groups is 1. The molecule has 3 N–H and O–H groups in total. The van der Waals surface area contributed by atoms with Crippen molar-refractivity contribution in [1.29, 1.82) is 0 Å². The summed E-state index contributed by atoms with van der Waals surface area (Å²) in [6, 6.07) is 5.35. The van der Waals surface area contributed by atoms with Crippen LogP contribution in [0.4, 0.5) is 11.4 Å². The molecular formula is C15H24N2O3. The summed E-state index contributed by atoms with van der Waals surface area (Å²) in [7, 11) is 0. The summed E-state index contributed by atoms with van der Waals surface area (Å²) in [5, 5.41) is 2.78. The van der Waals surface area contributed by atoms with E-state index in [0.717, 1.165) is 11.3 Å². The molecule has 5 nitrogen and oxygen atoms in total. The van der Waals surface area contributed by atoms with E-state index in [2.05, 4.69) is 5.32 Å². The van der Waals surface area contributed by atoms with Gasteiger partial charge >= 0.3 is 0 Å². The molecule has 0 aliphatic rings. The van der Waals surface area contributed by atoms with Crippen molar-refractivity contribution in [3.63, 3.8) is 0 Å². The van der Waals surface area contributed by atoms with E-state index in [1.807, 2.05) is 33.8 Å². The van der Waals surface area contributed by atoms with Crippen LogP contribution in [0.2, 0.25) is 0 Å². The first-order valence-corrected chi connectivity index (χ1v) is 6.65. The fraction of sp³-hybridized carbons (Fsp3) is 0.533. The van der Waals surface area contributed by atoms with E-state index in [-0.39, 0.29) is 18.1 Å². The quantitative estimate of drug-likeness (QED) is 0.619. The lowest BCUT2D eigenvalue weighted by Crippen LogP contribution is -2.24. The topological polar surface area (TPSA) is 73.6 Å². The fourth-order valence-electron chi connectivity index (χ4n) is 1.59. The van der Waals surface area contributed by atoms with E-state index < -0.39 is 0 Å². The molecule has 5 heteroatoms. The number of anilines is 2. The predicted octanol–water partition coefficient (Wildman–Crippen LogP) is 2.35. The van der Waals surface area contributed by atoms with Crippen molar-refractivity contribution in [3.05, 3.63) is 23.8 Å². The van der Waals surface area contributed by atoms with Crippen LogP contribution < -0.4 is 11.1 Å². The number of nitrogen functional groups attached to an aromatic ring is 1. The zero-order valence-corrected chi connectivity index (χ0v) is 12.7. The summed E-state index contributed by atoms with van der Waals surface area (Å²) in [6.07, 6.45) is 0. The number of nitrogens with two attached hydrogens (primary N) is 1. The SMILES string of the molecule is Cc1cc(N)ccc1NC(=O)COCCOC(C)(C)C. The second-order valence-corrected chi connectivity index (χ2v) is 5.64. The van der Waals surface area contributed by atoms with Crippen molar-refractivity contribution in [3.8, 4) is 0 Å². The van der Waals surface area contributed by atoms with E-state index >= 15 is 0 Å². The number of benzene rings is 1. The molecule has 1 aromatic carbocycles. The van der Waals surface area contributed by atoms with Gasteiger partial charge in [0.15, 0.2) is 0 Å². The highest BCUT2D eigenvalue weighted by atomic mass is 16.5. The third-order valence-electron chi connectivity index (χ3n) is 2.52. The Kier molecular flexibility index (Phi) is 5.98. The van der Waals surface area contributed by atoms with E-state index in [1.54, 1.807) is 12.1 Å². The molecule has 0 aliphatic heterocycles. The molecule has 0 spiro atoms. The summed E-state index contributed by atoms with van der Waals surface area (Å²) >= 11 is 0. The Balaban J connectivity index is 2.27. The molecule has 1 aromatic rings. The minimum atomic E-state index is -0.188. The molecule has 0 aromatic heterocycles. The molecule has 0 saturated carbocycles. The highest BCUT2D eigenvalue weighted by Gasteiger charge is 2.10. The standard InChI is InChI=1S/C15H24N2O3/c1-11-9-12(16)5-6-13(11)17-14(18)10-19-7-8-20-15(2,3)4/h5-6,9H,7-8,10,16H2,1-4H3,(H,17,18). The molecule has 0 fully saturated rings. The highest BCUT2D eigenvalue weighted by molar-refractivity contribution is 5.92. The molecule has 1 amide bonds. The molecule has 0 bridgehead atoms. The van der Waals surface area contributed by atoms with Crippen molar-refractivity contribution < 1.29 is 14.3 Å². The van der Waals surface area contributed by atoms with Crippen molar-refractivity contribution in [2.45, 2.75) is 33.3 Å². The number of carbonyl (C=O) groups excluding carboxylic acids is 1. The smallest absolute Gasteiger partial charge is 0.250 e. The monoisotopic (exact) mass is 280 g/mol. The third-order valence-corrected chi connectivity index (χ3v) is 2.52. The molecular weight excluding hydrogens is 256 g/mol. The Hall–Kier alpha value is -1.59. The lowest BCUT2D eigenvalue weighted by atomic mass is 10.2. The molecule has 0 unspecified atom stereocenters. The van der Waals surface area contributed by atoms with Gasteiger partial charge in [0, 0.05) is 11.4 Å². The molecule has 20 heavy (non-hydrogen) atoms. The van der Waals surface area contributed by atoms with Crippen molar-refractivity contribution in [2.75, 3.05) is 30.9 Å². The predicted molar refractivity (Wildman–Crippen MR) is 80.7 cm³/mol. The normalized spacial score (nSPS) is 11.4. The van der Waals surface area contributed by atoms with E-state index in [0.29, 0.717) is 18.9 Å². The summed E-state index contributed by atoms with van der Waals surface area (Å²) < 4.78 is 10.8. The largest absolute Gasteiger partial charge is 0.399 e. The first-order valence-electron chi connectivity index (χ1n) is 6.65. The van der Waals surface area contributed by atoms with Gasteiger partial charge in [0.25, 0.3) is 0 Å². The Bertz CT molecular complexity index is 453. The van der Waals surface area contributed by atoms with Crippen LogP contribution in [0.1, 0.15) is 26.3 Å². The Labute approximate surface area is 120 Å². The van der Waals surface area contributed by atoms with Crippen LogP contribution in [0.25, 0.3) is 0 Å². The first kappa shape index (κ1) is 16.5. The van der Waals surface area contributed by atoms with Gasteiger partial charge in [-0.15, -0.1) is 0 Å². The van der Waals surface area contributed by atoms with Gasteiger partial charge in [0.1, 0.15) is 6.61 Å². The molecule has 0 saturated heterocycles. The fourth-order valence-corrected chi connectivity index (χ4v) is 1.59. The van der Waals surface area contributed by atoms with Crippen LogP contribution in [0.15, 0.2) is 18.2 Å². The number of nitrogens with one attached hydrogen (secondary N) is 1. The zero-order valence-electron chi connectivity index (χ0n) is 12.7. The van der Waals surface area contributed by atoms with E-state index in [9.17, 15) is 4.79 Å². The lowest BCUT2D eigenvalue weighted by Gasteiger charge is -2.19. The van der Waals surface area contributed by atoms with E-state index in [1.165, 1.54) is 0 Å². The van der Waals surface area contributed by atoms with Crippen LogP contribution in [-0.2, 0) is 14.3 Å². The molecule has 0 heterocycles.